The average molecular weight is 220 g/mol. The van der Waals surface area contributed by atoms with Gasteiger partial charge in [-0.05, 0) is 31.0 Å². The molecule has 0 spiro atoms. The number of nitrogens with two attached hydrogens (primary N) is 1. The first-order valence-electron chi connectivity index (χ1n) is 5.74. The summed E-state index contributed by atoms with van der Waals surface area (Å²) in [7, 11) is 1.82. The Morgan fingerprint density at radius 3 is 2.69 bits per heavy atom. The zero-order chi connectivity index (χ0) is 12.0. The van der Waals surface area contributed by atoms with Gasteiger partial charge in [0.2, 0.25) is 0 Å². The Hall–Kier alpha value is -1.35. The fourth-order valence-electron chi connectivity index (χ4n) is 1.67. The van der Waals surface area contributed by atoms with Crippen molar-refractivity contribution in [2.24, 2.45) is 5.73 Å². The Labute approximate surface area is 97.2 Å². The van der Waals surface area contributed by atoms with Gasteiger partial charge in [-0.2, -0.15) is 0 Å². The molecule has 0 saturated carbocycles. The number of aryl methyl sites for hydroxylation is 1. The minimum atomic E-state index is 0.0888. The van der Waals surface area contributed by atoms with Crippen molar-refractivity contribution < 1.29 is 4.79 Å². The second kappa shape index (κ2) is 6.28. The van der Waals surface area contributed by atoms with E-state index in [2.05, 4.69) is 6.92 Å². The second-order valence-corrected chi connectivity index (χ2v) is 3.88. The lowest BCUT2D eigenvalue weighted by atomic mass is 10.0. The number of rotatable bonds is 5. The highest BCUT2D eigenvalue weighted by Gasteiger charge is 2.13. The SMILES string of the molecule is CCc1ccccc1C(=O)N(C)CCCN. The molecule has 0 saturated heterocycles. The zero-order valence-electron chi connectivity index (χ0n) is 10.1. The lowest BCUT2D eigenvalue weighted by molar-refractivity contribution is 0.0793. The maximum Gasteiger partial charge on any atom is 0.253 e. The van der Waals surface area contributed by atoms with Gasteiger partial charge in [0.1, 0.15) is 0 Å². The molecule has 0 radical (unpaired) electrons. The van der Waals surface area contributed by atoms with Crippen molar-refractivity contribution in [2.45, 2.75) is 19.8 Å². The number of amides is 1. The van der Waals surface area contributed by atoms with Crippen molar-refractivity contribution in [2.75, 3.05) is 20.1 Å². The fraction of sp³-hybridized carbons (Fsp3) is 0.462. The quantitative estimate of drug-likeness (QED) is 0.820. The molecule has 0 bridgehead atoms. The lowest BCUT2D eigenvalue weighted by Gasteiger charge is -2.18. The van der Waals surface area contributed by atoms with E-state index >= 15 is 0 Å². The Bertz CT molecular complexity index is 350. The van der Waals surface area contributed by atoms with E-state index in [-0.39, 0.29) is 5.91 Å². The summed E-state index contributed by atoms with van der Waals surface area (Å²) in [5, 5.41) is 0. The fourth-order valence-corrected chi connectivity index (χ4v) is 1.67. The van der Waals surface area contributed by atoms with Crippen LogP contribution >= 0.6 is 0 Å². The smallest absolute Gasteiger partial charge is 0.253 e. The van der Waals surface area contributed by atoms with Gasteiger partial charge >= 0.3 is 0 Å². The van der Waals surface area contributed by atoms with E-state index < -0.39 is 0 Å². The van der Waals surface area contributed by atoms with E-state index in [0.717, 1.165) is 24.0 Å². The van der Waals surface area contributed by atoms with E-state index in [1.807, 2.05) is 31.3 Å². The van der Waals surface area contributed by atoms with Crippen LogP contribution in [0.3, 0.4) is 0 Å². The van der Waals surface area contributed by atoms with Gasteiger partial charge in [0.05, 0.1) is 0 Å². The molecule has 88 valence electrons. The van der Waals surface area contributed by atoms with E-state index in [1.165, 1.54) is 0 Å². The molecule has 16 heavy (non-hydrogen) atoms. The van der Waals surface area contributed by atoms with Gasteiger partial charge in [0.25, 0.3) is 5.91 Å². The first-order chi connectivity index (χ1) is 7.70. The summed E-state index contributed by atoms with van der Waals surface area (Å²) >= 11 is 0. The highest BCUT2D eigenvalue weighted by molar-refractivity contribution is 5.95. The van der Waals surface area contributed by atoms with E-state index in [4.69, 9.17) is 5.73 Å². The average Bonchev–Trinajstić information content (AvgIpc) is 2.34. The number of nitrogens with zero attached hydrogens (tertiary/aromatic N) is 1. The number of carbonyl (C=O) groups is 1. The number of hydrogen-bond acceptors (Lipinski definition) is 2. The summed E-state index contributed by atoms with van der Waals surface area (Å²) in [5.41, 5.74) is 7.35. The second-order valence-electron chi connectivity index (χ2n) is 3.88. The zero-order valence-corrected chi connectivity index (χ0v) is 10.1. The summed E-state index contributed by atoms with van der Waals surface area (Å²) in [4.78, 5) is 13.9. The molecular weight excluding hydrogens is 200 g/mol. The van der Waals surface area contributed by atoms with Crippen molar-refractivity contribution in [1.82, 2.24) is 4.90 Å². The van der Waals surface area contributed by atoms with Gasteiger partial charge in [-0.25, -0.2) is 0 Å². The molecule has 0 aliphatic rings. The molecule has 0 aliphatic heterocycles. The maximum atomic E-state index is 12.1. The van der Waals surface area contributed by atoms with Crippen molar-refractivity contribution >= 4 is 5.91 Å². The van der Waals surface area contributed by atoms with Crippen LogP contribution in [0.5, 0.6) is 0 Å². The summed E-state index contributed by atoms with van der Waals surface area (Å²) in [6, 6.07) is 7.77. The molecule has 2 N–H and O–H groups in total. The summed E-state index contributed by atoms with van der Waals surface area (Å²) < 4.78 is 0. The normalized spacial score (nSPS) is 10.2. The summed E-state index contributed by atoms with van der Waals surface area (Å²) in [6.45, 7) is 3.40. The van der Waals surface area contributed by atoms with Crippen LogP contribution in [0.4, 0.5) is 0 Å². The number of hydrogen-bond donors (Lipinski definition) is 1. The molecule has 0 heterocycles. The van der Waals surface area contributed by atoms with Crippen LogP contribution in [0.2, 0.25) is 0 Å². The van der Waals surface area contributed by atoms with Crippen LogP contribution in [0.1, 0.15) is 29.3 Å². The standard InChI is InChI=1S/C13H20N2O/c1-3-11-7-4-5-8-12(11)13(16)15(2)10-6-9-14/h4-5,7-8H,3,6,9-10,14H2,1-2H3. The predicted molar refractivity (Wildman–Crippen MR) is 66.5 cm³/mol. The summed E-state index contributed by atoms with van der Waals surface area (Å²) in [6.07, 6.45) is 1.73. The van der Waals surface area contributed by atoms with Gasteiger partial charge in [-0.3, -0.25) is 4.79 Å². The monoisotopic (exact) mass is 220 g/mol. The molecule has 0 aliphatic carbocycles. The highest BCUT2D eigenvalue weighted by Crippen LogP contribution is 2.11. The Morgan fingerprint density at radius 1 is 1.38 bits per heavy atom. The van der Waals surface area contributed by atoms with E-state index in [0.29, 0.717) is 13.1 Å². The van der Waals surface area contributed by atoms with Gasteiger partial charge in [-0.1, -0.05) is 25.1 Å². The van der Waals surface area contributed by atoms with Gasteiger partial charge in [0, 0.05) is 19.2 Å². The molecule has 1 aromatic rings. The highest BCUT2D eigenvalue weighted by atomic mass is 16.2. The molecule has 0 atom stereocenters. The minimum absolute atomic E-state index is 0.0888. The topological polar surface area (TPSA) is 46.3 Å². The first kappa shape index (κ1) is 12.7. The van der Waals surface area contributed by atoms with Crippen LogP contribution in [0.15, 0.2) is 24.3 Å². The van der Waals surface area contributed by atoms with Crippen LogP contribution < -0.4 is 5.73 Å². The van der Waals surface area contributed by atoms with Crippen molar-refractivity contribution in [3.8, 4) is 0 Å². The van der Waals surface area contributed by atoms with Crippen molar-refractivity contribution in [1.29, 1.82) is 0 Å². The molecule has 1 aromatic carbocycles. The first-order valence-corrected chi connectivity index (χ1v) is 5.74. The summed E-state index contributed by atoms with van der Waals surface area (Å²) in [5.74, 6) is 0.0888. The number of benzene rings is 1. The molecule has 0 fully saturated rings. The molecule has 3 heteroatoms. The number of carbonyl (C=O) groups excluding carboxylic acids is 1. The molecule has 0 unspecified atom stereocenters. The Morgan fingerprint density at radius 2 is 2.06 bits per heavy atom. The third-order valence-corrected chi connectivity index (χ3v) is 2.67. The Kier molecular flexibility index (Phi) is 4.99. The van der Waals surface area contributed by atoms with Crippen molar-refractivity contribution in [3.63, 3.8) is 0 Å². The third-order valence-electron chi connectivity index (χ3n) is 2.67. The Balaban J connectivity index is 2.79. The molecule has 1 rings (SSSR count). The third kappa shape index (κ3) is 3.07. The predicted octanol–water partition coefficient (Wildman–Crippen LogP) is 1.67. The van der Waals surface area contributed by atoms with Crippen molar-refractivity contribution in [3.05, 3.63) is 35.4 Å². The van der Waals surface area contributed by atoms with Crippen LogP contribution in [-0.4, -0.2) is 30.9 Å². The molecular formula is C13H20N2O. The van der Waals surface area contributed by atoms with Crippen LogP contribution in [0, 0.1) is 0 Å². The molecule has 3 nitrogen and oxygen atoms in total. The van der Waals surface area contributed by atoms with Gasteiger partial charge < -0.3 is 10.6 Å². The largest absolute Gasteiger partial charge is 0.342 e. The minimum Gasteiger partial charge on any atom is -0.342 e. The lowest BCUT2D eigenvalue weighted by Crippen LogP contribution is -2.29. The van der Waals surface area contributed by atoms with Gasteiger partial charge in [-0.15, -0.1) is 0 Å². The van der Waals surface area contributed by atoms with Crippen LogP contribution in [0.25, 0.3) is 0 Å². The van der Waals surface area contributed by atoms with E-state index in [9.17, 15) is 4.79 Å². The van der Waals surface area contributed by atoms with Crippen LogP contribution in [-0.2, 0) is 6.42 Å². The van der Waals surface area contributed by atoms with Gasteiger partial charge in [0.15, 0.2) is 0 Å². The molecule has 1 amide bonds. The molecule has 0 aromatic heterocycles. The maximum absolute atomic E-state index is 12.1. The van der Waals surface area contributed by atoms with E-state index in [1.54, 1.807) is 4.90 Å².